The lowest BCUT2D eigenvalue weighted by Crippen LogP contribution is -2.60. The van der Waals surface area contributed by atoms with E-state index in [1.807, 2.05) is 0 Å². The van der Waals surface area contributed by atoms with E-state index in [0.717, 1.165) is 11.8 Å². The van der Waals surface area contributed by atoms with Crippen molar-refractivity contribution in [2.24, 2.45) is 34.8 Å². The van der Waals surface area contributed by atoms with Crippen molar-refractivity contribution in [1.82, 2.24) is 47.4 Å². The van der Waals surface area contributed by atoms with Crippen LogP contribution in [0.4, 0.5) is 0 Å². The van der Waals surface area contributed by atoms with E-state index in [4.69, 9.17) is 22.9 Å². The molecule has 0 spiro atoms. The summed E-state index contributed by atoms with van der Waals surface area (Å²) in [5.41, 5.74) is 21.9. The van der Waals surface area contributed by atoms with Gasteiger partial charge < -0.3 is 80.6 Å². The summed E-state index contributed by atoms with van der Waals surface area (Å²) in [7, 11) is 0. The average molecular weight is 1010 g/mol. The Balaban J connectivity index is 3.13. The molecule has 0 aromatic rings. The second kappa shape index (κ2) is 30.6. The van der Waals surface area contributed by atoms with Crippen molar-refractivity contribution < 1.29 is 72.5 Å². The molecule has 0 radical (unpaired) electrons. The largest absolute Gasteiger partial charge is 0.481 e. The van der Waals surface area contributed by atoms with Gasteiger partial charge in [-0.1, -0.05) is 27.7 Å². The highest BCUT2D eigenvalue weighted by Gasteiger charge is 2.40. The molecule has 71 heavy (non-hydrogen) atoms. The topological polar surface area (TPSA) is 466 Å². The number of primary amides is 2. The molecule has 1 heterocycles. The minimum Gasteiger partial charge on any atom is -0.481 e. The molecule has 400 valence electrons. The quantitative estimate of drug-likeness (QED) is 0.0279. The van der Waals surface area contributed by atoms with Crippen LogP contribution in [0.2, 0.25) is 0 Å². The Kier molecular flexibility index (Phi) is 26.7. The maximum absolute atomic E-state index is 13.9. The standard InChI is InChI=1S/C43H73N13O15/c1-20(2)16-26(39(66)52-24(12-13-30(45)57)37(64)53-25(43(70)71)10-7-8-14-44)54-35(62)23(6)50-40(67)29-11-9-15-56(29)42(69)28(17-31(46)58)55-36(63)22(5)49-38(65)27(18-33(60)61)51-32(59)19-48-41(68)34(47)21(3)4/h20-29,34H,7-19,44,47H2,1-6H3,(H2,45,57)(H2,46,58)(H,48,68)(H,49,65)(H,50,67)(H,51,59)(H,52,66)(H,53,64)(H,54,62)(H,55,63)(H,60,61)(H,70,71)/t22-,23-,24-,25-,26-,27-,28-,29-,34-/m0/s1. The molecule has 1 aliphatic heterocycles. The Hall–Kier alpha value is -6.97. The number of carbonyl (C=O) groups excluding carboxylic acids is 11. The maximum atomic E-state index is 13.9. The summed E-state index contributed by atoms with van der Waals surface area (Å²) in [6, 6.07) is -12.5. The minimum atomic E-state index is -1.73. The van der Waals surface area contributed by atoms with Gasteiger partial charge in [0.1, 0.15) is 48.3 Å². The molecule has 0 unspecified atom stereocenters. The Morgan fingerprint density at radius 3 is 1.69 bits per heavy atom. The van der Waals surface area contributed by atoms with Gasteiger partial charge in [-0.25, -0.2) is 4.79 Å². The number of carboxylic acids is 2. The van der Waals surface area contributed by atoms with E-state index in [0.29, 0.717) is 19.4 Å². The summed E-state index contributed by atoms with van der Waals surface area (Å²) in [5.74, 6) is -13.4. The molecule has 0 aromatic carbocycles. The normalized spacial score (nSPS) is 16.6. The van der Waals surface area contributed by atoms with Crippen molar-refractivity contribution in [2.75, 3.05) is 19.6 Å². The first kappa shape index (κ1) is 62.0. The van der Waals surface area contributed by atoms with Gasteiger partial charge in [-0.05, 0) is 77.2 Å². The monoisotopic (exact) mass is 1010 g/mol. The van der Waals surface area contributed by atoms with Crippen LogP contribution in [-0.4, -0.2) is 166 Å². The molecular weight excluding hydrogens is 939 g/mol. The average Bonchev–Trinajstić information content (AvgIpc) is 3.77. The van der Waals surface area contributed by atoms with Crippen LogP contribution in [0, 0.1) is 11.8 Å². The lowest BCUT2D eigenvalue weighted by Gasteiger charge is -2.30. The maximum Gasteiger partial charge on any atom is 0.326 e. The molecule has 11 amide bonds. The van der Waals surface area contributed by atoms with Crippen LogP contribution in [0.25, 0.3) is 0 Å². The first-order valence-corrected chi connectivity index (χ1v) is 23.3. The zero-order valence-corrected chi connectivity index (χ0v) is 41.0. The van der Waals surface area contributed by atoms with Crippen LogP contribution in [0.15, 0.2) is 0 Å². The number of rotatable bonds is 32. The Labute approximate surface area is 410 Å². The summed E-state index contributed by atoms with van der Waals surface area (Å²) in [4.78, 5) is 167. The van der Waals surface area contributed by atoms with Gasteiger partial charge in [0.2, 0.25) is 65.0 Å². The molecule has 1 aliphatic rings. The number of nitrogens with zero attached hydrogens (tertiary/aromatic N) is 1. The van der Waals surface area contributed by atoms with Crippen LogP contribution in [0.3, 0.4) is 0 Å². The first-order chi connectivity index (χ1) is 33.1. The smallest absolute Gasteiger partial charge is 0.326 e. The molecule has 28 nitrogen and oxygen atoms in total. The number of likely N-dealkylation sites (tertiary alicyclic amines) is 1. The van der Waals surface area contributed by atoms with E-state index in [2.05, 4.69) is 42.5 Å². The van der Waals surface area contributed by atoms with Gasteiger partial charge in [-0.15, -0.1) is 0 Å². The Bertz CT molecular complexity index is 1950. The number of hydrogen-bond donors (Lipinski definition) is 14. The number of nitrogens with two attached hydrogens (primary N) is 4. The highest BCUT2D eigenvalue weighted by Crippen LogP contribution is 2.20. The first-order valence-electron chi connectivity index (χ1n) is 23.3. The number of aliphatic carboxylic acids is 2. The predicted octanol–water partition coefficient (Wildman–Crippen LogP) is -5.61. The van der Waals surface area contributed by atoms with Crippen LogP contribution >= 0.6 is 0 Å². The van der Waals surface area contributed by atoms with Crippen LogP contribution in [0.5, 0.6) is 0 Å². The fraction of sp³-hybridized carbons (Fsp3) is 0.698. The molecule has 18 N–H and O–H groups in total. The van der Waals surface area contributed by atoms with E-state index in [9.17, 15) is 72.5 Å². The summed E-state index contributed by atoms with van der Waals surface area (Å²) in [6.07, 6.45) is -1.10. The van der Waals surface area contributed by atoms with Crippen molar-refractivity contribution in [3.05, 3.63) is 0 Å². The van der Waals surface area contributed by atoms with Gasteiger partial charge in [0.05, 0.1) is 25.4 Å². The molecule has 1 fully saturated rings. The molecule has 0 bridgehead atoms. The van der Waals surface area contributed by atoms with E-state index in [1.165, 1.54) is 6.92 Å². The summed E-state index contributed by atoms with van der Waals surface area (Å²) in [5, 5.41) is 37.8. The molecule has 1 saturated heterocycles. The van der Waals surface area contributed by atoms with E-state index >= 15 is 0 Å². The molecule has 28 heteroatoms. The molecule has 1 rings (SSSR count). The summed E-state index contributed by atoms with van der Waals surface area (Å²) in [6.45, 7) is 8.86. The van der Waals surface area contributed by atoms with Gasteiger partial charge in [-0.3, -0.25) is 57.5 Å². The second-order valence-electron chi connectivity index (χ2n) is 18.0. The lowest BCUT2D eigenvalue weighted by molar-refractivity contribution is -0.143. The number of nitrogens with one attached hydrogen (secondary N) is 8. The van der Waals surface area contributed by atoms with E-state index in [-0.39, 0.29) is 56.9 Å². The Morgan fingerprint density at radius 2 is 1.15 bits per heavy atom. The third kappa shape index (κ3) is 22.6. The SMILES string of the molecule is CC(C)C[C@H](NC(=O)[C@H](C)NC(=O)[C@@H]1CCCN1C(=O)[C@H](CC(N)=O)NC(=O)[C@H](C)NC(=O)[C@H](CC(=O)O)NC(=O)CNC(=O)[C@@H](N)C(C)C)C(=O)N[C@@H](CCC(N)=O)C(=O)N[C@@H](CCCCN)C(=O)O. The molecule has 0 aromatic heterocycles. The zero-order valence-electron chi connectivity index (χ0n) is 41.0. The summed E-state index contributed by atoms with van der Waals surface area (Å²) < 4.78 is 0. The molecule has 0 saturated carbocycles. The highest BCUT2D eigenvalue weighted by atomic mass is 16.4. The zero-order chi connectivity index (χ0) is 54.3. The van der Waals surface area contributed by atoms with Gasteiger partial charge in [0, 0.05) is 13.0 Å². The second-order valence-corrected chi connectivity index (χ2v) is 18.0. The lowest BCUT2D eigenvalue weighted by atomic mass is 10.0. The third-order valence-corrected chi connectivity index (χ3v) is 11.1. The number of hydrogen-bond acceptors (Lipinski definition) is 15. The summed E-state index contributed by atoms with van der Waals surface area (Å²) >= 11 is 0. The van der Waals surface area contributed by atoms with Gasteiger partial charge >= 0.3 is 11.9 Å². The van der Waals surface area contributed by atoms with Gasteiger partial charge in [0.15, 0.2) is 0 Å². The van der Waals surface area contributed by atoms with Crippen molar-refractivity contribution in [1.29, 1.82) is 0 Å². The van der Waals surface area contributed by atoms with Crippen LogP contribution in [-0.2, 0) is 62.3 Å². The Morgan fingerprint density at radius 1 is 0.606 bits per heavy atom. The van der Waals surface area contributed by atoms with E-state index < -0.39 is 151 Å². The van der Waals surface area contributed by atoms with Crippen molar-refractivity contribution >= 4 is 76.9 Å². The van der Waals surface area contributed by atoms with Crippen LogP contribution in [0.1, 0.15) is 106 Å². The number of amides is 11. The van der Waals surface area contributed by atoms with Crippen molar-refractivity contribution in [2.45, 2.75) is 160 Å². The predicted molar refractivity (Wildman–Crippen MR) is 250 cm³/mol. The van der Waals surface area contributed by atoms with Gasteiger partial charge in [0.25, 0.3) is 0 Å². The van der Waals surface area contributed by atoms with Crippen molar-refractivity contribution in [3.63, 3.8) is 0 Å². The molecule has 0 aliphatic carbocycles. The number of carbonyl (C=O) groups is 13. The minimum absolute atomic E-state index is 0.0222. The number of unbranched alkanes of at least 4 members (excludes halogenated alkanes) is 1. The van der Waals surface area contributed by atoms with Gasteiger partial charge in [-0.2, -0.15) is 0 Å². The van der Waals surface area contributed by atoms with E-state index in [1.54, 1.807) is 27.7 Å². The fourth-order valence-electron chi connectivity index (χ4n) is 7.02. The molecule has 9 atom stereocenters. The van der Waals surface area contributed by atoms with Crippen molar-refractivity contribution in [3.8, 4) is 0 Å². The highest BCUT2D eigenvalue weighted by molar-refractivity contribution is 5.99. The number of carboxylic acid groups (broad SMARTS) is 2. The third-order valence-electron chi connectivity index (χ3n) is 11.1. The molecular formula is C43H73N13O15. The fourth-order valence-corrected chi connectivity index (χ4v) is 7.02. The van der Waals surface area contributed by atoms with Crippen LogP contribution < -0.4 is 65.5 Å².